The Labute approximate surface area is 212 Å². The van der Waals surface area contributed by atoms with Crippen molar-refractivity contribution in [2.75, 3.05) is 38.5 Å². The van der Waals surface area contributed by atoms with Gasteiger partial charge in [-0.3, -0.25) is 4.79 Å². The number of anilines is 1. The number of hydrogen-bond acceptors (Lipinski definition) is 5. The van der Waals surface area contributed by atoms with Crippen LogP contribution in [0.5, 0.6) is 0 Å². The zero-order valence-corrected chi connectivity index (χ0v) is 21.4. The van der Waals surface area contributed by atoms with Crippen LogP contribution in [0.2, 0.25) is 0 Å². The van der Waals surface area contributed by atoms with Crippen LogP contribution in [0.1, 0.15) is 42.6 Å². The molecule has 9 heteroatoms. The summed E-state index contributed by atoms with van der Waals surface area (Å²) < 4.78 is 14.1. The lowest BCUT2D eigenvalue weighted by Crippen LogP contribution is -2.49. The molecule has 3 heterocycles. The highest BCUT2D eigenvalue weighted by atomic mass is 19.1. The summed E-state index contributed by atoms with van der Waals surface area (Å²) in [4.78, 5) is 31.2. The highest BCUT2D eigenvalue weighted by Crippen LogP contribution is 2.21. The van der Waals surface area contributed by atoms with Crippen molar-refractivity contribution in [1.29, 1.82) is 0 Å². The Balaban J connectivity index is 1.56. The summed E-state index contributed by atoms with van der Waals surface area (Å²) in [6, 6.07) is 7.96. The van der Waals surface area contributed by atoms with Gasteiger partial charge in [0, 0.05) is 44.0 Å². The van der Waals surface area contributed by atoms with E-state index in [4.69, 9.17) is 4.99 Å². The van der Waals surface area contributed by atoms with Crippen molar-refractivity contribution < 1.29 is 9.18 Å². The summed E-state index contributed by atoms with van der Waals surface area (Å²) in [6.45, 7) is 9.93. The van der Waals surface area contributed by atoms with Crippen molar-refractivity contribution in [3.8, 4) is 0 Å². The molecule has 0 spiro atoms. The van der Waals surface area contributed by atoms with Crippen LogP contribution >= 0.6 is 0 Å². The van der Waals surface area contributed by atoms with Crippen LogP contribution in [0.3, 0.4) is 0 Å². The molecule has 0 aliphatic carbocycles. The molecule has 0 saturated carbocycles. The van der Waals surface area contributed by atoms with Gasteiger partial charge < -0.3 is 20.4 Å². The number of pyridine rings is 1. The molecule has 1 unspecified atom stereocenters. The van der Waals surface area contributed by atoms with E-state index in [2.05, 4.69) is 57.4 Å². The van der Waals surface area contributed by atoms with Crippen molar-refractivity contribution in [3.63, 3.8) is 0 Å². The van der Waals surface area contributed by atoms with Gasteiger partial charge in [0.1, 0.15) is 11.7 Å². The van der Waals surface area contributed by atoms with Gasteiger partial charge in [0.2, 0.25) is 5.96 Å². The predicted molar refractivity (Wildman–Crippen MR) is 142 cm³/mol. The molecule has 2 aliphatic heterocycles. The van der Waals surface area contributed by atoms with E-state index in [-0.39, 0.29) is 11.6 Å². The fourth-order valence-electron chi connectivity index (χ4n) is 4.23. The predicted octanol–water partition coefficient (Wildman–Crippen LogP) is 4.34. The first-order valence-corrected chi connectivity index (χ1v) is 12.5. The van der Waals surface area contributed by atoms with E-state index in [9.17, 15) is 9.18 Å². The molecule has 1 atom stereocenters. The zero-order chi connectivity index (χ0) is 25.7. The molecule has 0 radical (unpaired) electrons. The van der Waals surface area contributed by atoms with E-state index in [0.717, 1.165) is 56.1 Å². The number of likely N-dealkylation sites (N-methyl/N-ethyl adjacent to an activating group) is 1. The Bertz CT molecular complexity index is 1180. The van der Waals surface area contributed by atoms with Gasteiger partial charge in [0.05, 0.1) is 11.3 Å². The molecule has 2 aromatic rings. The molecule has 1 saturated heterocycles. The number of carbonyl (C=O) groups is 1. The summed E-state index contributed by atoms with van der Waals surface area (Å²) >= 11 is 0. The smallest absolute Gasteiger partial charge is 0.257 e. The zero-order valence-electron chi connectivity index (χ0n) is 21.4. The molecule has 2 aliphatic rings. The van der Waals surface area contributed by atoms with E-state index in [1.54, 1.807) is 31.2 Å². The number of halogens is 1. The summed E-state index contributed by atoms with van der Waals surface area (Å²) in [6.07, 6.45) is 5.48. The molecule has 1 amide bonds. The standard InChI is InChI=1S/C27H34FN7O/c1-5-19-16-21(6-2)30-27(33-25(19)35-13-11-34(4)12-14-35)32-24-10-8-20(17-29-24)26(36)31-23-9-7-18(3)15-22(23)28/h7-10,15-17,19H,5-6,11-14H2,1-4H3,(H,31,36)(H,29,30,32). The molecule has 36 heavy (non-hydrogen) atoms. The number of nitrogens with one attached hydrogen (secondary N) is 2. The number of rotatable bonds is 5. The Morgan fingerprint density at radius 2 is 1.97 bits per heavy atom. The number of nitrogens with zero attached hydrogens (tertiary/aromatic N) is 5. The Kier molecular flexibility index (Phi) is 8.10. The summed E-state index contributed by atoms with van der Waals surface area (Å²) in [7, 11) is 2.14. The van der Waals surface area contributed by atoms with Crippen LogP contribution in [0.25, 0.3) is 0 Å². The Hall–Kier alpha value is -3.59. The first kappa shape index (κ1) is 25.5. The van der Waals surface area contributed by atoms with Gasteiger partial charge in [-0.1, -0.05) is 26.0 Å². The van der Waals surface area contributed by atoms with Gasteiger partial charge in [-0.25, -0.2) is 9.37 Å². The van der Waals surface area contributed by atoms with Crippen LogP contribution in [0.15, 0.2) is 58.3 Å². The highest BCUT2D eigenvalue weighted by molar-refractivity contribution is 6.04. The van der Waals surface area contributed by atoms with Gasteiger partial charge in [-0.2, -0.15) is 9.98 Å². The quantitative estimate of drug-likeness (QED) is 0.650. The maximum absolute atomic E-state index is 14.1. The fourth-order valence-corrected chi connectivity index (χ4v) is 4.23. The maximum Gasteiger partial charge on any atom is 0.257 e. The first-order chi connectivity index (χ1) is 17.4. The molecular weight excluding hydrogens is 457 g/mol. The monoisotopic (exact) mass is 491 g/mol. The average molecular weight is 492 g/mol. The van der Waals surface area contributed by atoms with Crippen LogP contribution < -0.4 is 10.6 Å². The van der Waals surface area contributed by atoms with Gasteiger partial charge in [0.15, 0.2) is 5.82 Å². The number of aryl methyl sites for hydroxylation is 1. The average Bonchev–Trinajstić information content (AvgIpc) is 3.05. The second kappa shape index (κ2) is 11.4. The number of benzene rings is 1. The minimum atomic E-state index is -0.474. The number of amides is 1. The minimum Gasteiger partial charge on any atom is -0.357 e. The van der Waals surface area contributed by atoms with E-state index >= 15 is 0 Å². The fraction of sp³-hybridized carbons (Fsp3) is 0.407. The molecule has 1 aromatic carbocycles. The van der Waals surface area contributed by atoms with Crippen LogP contribution in [-0.2, 0) is 0 Å². The topological polar surface area (TPSA) is 85.2 Å². The first-order valence-electron chi connectivity index (χ1n) is 12.5. The number of aliphatic imine (C=N–C) groups is 2. The van der Waals surface area contributed by atoms with Crippen LogP contribution in [0.4, 0.5) is 15.9 Å². The van der Waals surface area contributed by atoms with Crippen molar-refractivity contribution in [2.24, 2.45) is 15.9 Å². The third kappa shape index (κ3) is 6.15. The molecule has 4 rings (SSSR count). The van der Waals surface area contributed by atoms with E-state index in [1.807, 2.05) is 0 Å². The third-order valence-electron chi connectivity index (χ3n) is 6.48. The maximum atomic E-state index is 14.1. The molecule has 2 N–H and O–H groups in total. The molecule has 0 bridgehead atoms. The number of piperazine rings is 1. The number of hydrogen-bond donors (Lipinski definition) is 2. The number of aromatic nitrogens is 1. The van der Waals surface area contributed by atoms with E-state index < -0.39 is 11.7 Å². The van der Waals surface area contributed by atoms with Crippen LogP contribution in [-0.4, -0.2) is 65.7 Å². The second-order valence-electron chi connectivity index (χ2n) is 9.22. The van der Waals surface area contributed by atoms with Crippen molar-refractivity contribution in [3.05, 3.63) is 65.2 Å². The molecule has 1 fully saturated rings. The van der Waals surface area contributed by atoms with Crippen molar-refractivity contribution in [2.45, 2.75) is 33.6 Å². The van der Waals surface area contributed by atoms with Gasteiger partial charge in [-0.05, 0) is 56.6 Å². The molecule has 190 valence electrons. The van der Waals surface area contributed by atoms with E-state index in [1.165, 1.54) is 12.3 Å². The number of amidine groups is 1. The largest absolute Gasteiger partial charge is 0.357 e. The molecule has 1 aromatic heterocycles. The van der Waals surface area contributed by atoms with Crippen molar-refractivity contribution in [1.82, 2.24) is 20.1 Å². The summed E-state index contributed by atoms with van der Waals surface area (Å²) in [5, 5.41) is 5.96. The lowest BCUT2D eigenvalue weighted by Gasteiger charge is -2.36. The SMILES string of the molecule is CCC1=CC(CC)C(N2CCN(C)CC2)=NC(=Nc2ccc(C(=O)Nc3ccc(C)cc3F)cn2)N1. The highest BCUT2D eigenvalue weighted by Gasteiger charge is 2.25. The summed E-state index contributed by atoms with van der Waals surface area (Å²) in [5.41, 5.74) is 2.31. The van der Waals surface area contributed by atoms with Crippen molar-refractivity contribution >= 4 is 29.2 Å². The van der Waals surface area contributed by atoms with Gasteiger partial charge in [0.25, 0.3) is 5.91 Å². The van der Waals surface area contributed by atoms with E-state index in [0.29, 0.717) is 17.3 Å². The van der Waals surface area contributed by atoms with Gasteiger partial charge >= 0.3 is 0 Å². The summed E-state index contributed by atoms with van der Waals surface area (Å²) in [5.74, 6) is 1.25. The number of allylic oxidation sites excluding steroid dienone is 1. The number of carbonyl (C=O) groups excluding carboxylic acids is 1. The minimum absolute atomic E-state index is 0.132. The lowest BCUT2D eigenvalue weighted by atomic mass is 10.0. The third-order valence-corrected chi connectivity index (χ3v) is 6.48. The van der Waals surface area contributed by atoms with Gasteiger partial charge in [-0.15, -0.1) is 0 Å². The molecular formula is C27H34FN7O. The second-order valence-corrected chi connectivity index (χ2v) is 9.22. The Morgan fingerprint density at radius 3 is 2.61 bits per heavy atom. The number of guanidine groups is 1. The van der Waals surface area contributed by atoms with Crippen LogP contribution in [0, 0.1) is 18.7 Å². The molecule has 8 nitrogen and oxygen atoms in total. The lowest BCUT2D eigenvalue weighted by molar-refractivity contribution is 0.102. The normalized spacial score (nSPS) is 19.9. The Morgan fingerprint density at radius 1 is 1.19 bits per heavy atom.